The fourth-order valence-corrected chi connectivity index (χ4v) is 6.92. The van der Waals surface area contributed by atoms with E-state index in [1.807, 2.05) is 26.2 Å². The SMILES string of the molecule is COc1cccc(OC)c1-c1ccccc1C(=O)Nc1ccc(C(=O)N2CCC(F)(F)/C(=C\C(=O)N3CCC(N(C)C)CC3)c3ccccc32)cc1. The Hall–Kier alpha value is -5.55. The maximum absolute atomic E-state index is 15.8. The largest absolute Gasteiger partial charge is 0.496 e. The van der Waals surface area contributed by atoms with Crippen molar-refractivity contribution in [2.24, 2.45) is 0 Å². The number of halogens is 2. The standard InChI is InChI=1S/C41H42F2N4O5/c1-45(2)29-20-23-46(24-21-29)37(48)26-33-32-12-7-8-13-34(32)47(25-22-41(33,42)43)40(50)27-16-18-28(19-17-27)44-39(49)31-11-6-5-10-30(31)38-35(51-3)14-9-15-36(38)52-4/h5-19,26,29H,20-25H2,1-4H3,(H,44,49)/b33-26-. The number of nitrogens with zero attached hydrogens (tertiary/aromatic N) is 3. The number of fused-ring (bicyclic) bond motifs is 1. The third kappa shape index (κ3) is 7.41. The molecule has 0 atom stereocenters. The summed E-state index contributed by atoms with van der Waals surface area (Å²) in [5.41, 5.74) is 2.37. The first-order chi connectivity index (χ1) is 25.0. The van der Waals surface area contributed by atoms with Crippen LogP contribution in [0.15, 0.2) is 97.1 Å². The van der Waals surface area contributed by atoms with E-state index in [1.165, 1.54) is 11.0 Å². The molecule has 4 aromatic carbocycles. The molecule has 0 unspecified atom stereocenters. The highest BCUT2D eigenvalue weighted by Crippen LogP contribution is 2.44. The second-order valence-corrected chi connectivity index (χ2v) is 13.1. The van der Waals surface area contributed by atoms with Gasteiger partial charge in [-0.05, 0) is 75.5 Å². The number of carbonyl (C=O) groups is 3. The van der Waals surface area contributed by atoms with Crippen LogP contribution in [0.3, 0.4) is 0 Å². The number of amides is 3. The number of likely N-dealkylation sites (tertiary alicyclic amines) is 1. The highest BCUT2D eigenvalue weighted by molar-refractivity contribution is 6.11. The van der Waals surface area contributed by atoms with Crippen LogP contribution in [0.1, 0.15) is 45.5 Å². The number of benzene rings is 4. The molecule has 2 aliphatic heterocycles. The van der Waals surface area contributed by atoms with E-state index in [0.29, 0.717) is 58.7 Å². The molecular formula is C41H42F2N4O5. The minimum absolute atomic E-state index is 0.143. The van der Waals surface area contributed by atoms with Crippen molar-refractivity contribution in [2.45, 2.75) is 31.2 Å². The smallest absolute Gasteiger partial charge is 0.275 e. The number of allylic oxidation sites excluding steroid dienone is 1. The zero-order valence-electron chi connectivity index (χ0n) is 29.7. The van der Waals surface area contributed by atoms with Crippen LogP contribution >= 0.6 is 0 Å². The summed E-state index contributed by atoms with van der Waals surface area (Å²) in [6.45, 7) is 0.718. The van der Waals surface area contributed by atoms with E-state index in [0.717, 1.165) is 18.9 Å². The number of hydrogen-bond acceptors (Lipinski definition) is 6. The number of anilines is 2. The normalized spacial score (nSPS) is 16.6. The maximum atomic E-state index is 15.8. The molecule has 270 valence electrons. The Morgan fingerprint density at radius 3 is 2.06 bits per heavy atom. The molecule has 0 saturated carbocycles. The Bertz CT molecular complexity index is 1970. The second kappa shape index (κ2) is 15.4. The van der Waals surface area contributed by atoms with Gasteiger partial charge in [-0.2, -0.15) is 0 Å². The molecule has 0 bridgehead atoms. The van der Waals surface area contributed by atoms with Gasteiger partial charge in [0.1, 0.15) is 11.5 Å². The van der Waals surface area contributed by atoms with Gasteiger partial charge in [-0.3, -0.25) is 14.4 Å². The summed E-state index contributed by atoms with van der Waals surface area (Å²) >= 11 is 0. The number of methoxy groups -OCH3 is 2. The van der Waals surface area contributed by atoms with Gasteiger partial charge >= 0.3 is 0 Å². The molecule has 3 amide bonds. The molecule has 2 aliphatic rings. The molecule has 6 rings (SSSR count). The van der Waals surface area contributed by atoms with Crippen molar-refractivity contribution in [3.8, 4) is 22.6 Å². The van der Waals surface area contributed by atoms with Crippen LogP contribution in [0.5, 0.6) is 11.5 Å². The molecular weight excluding hydrogens is 666 g/mol. The van der Waals surface area contributed by atoms with Crippen molar-refractivity contribution in [1.29, 1.82) is 0 Å². The van der Waals surface area contributed by atoms with Crippen LogP contribution in [0.2, 0.25) is 0 Å². The Labute approximate surface area is 302 Å². The molecule has 1 fully saturated rings. The van der Waals surface area contributed by atoms with Crippen LogP contribution in [0, 0.1) is 0 Å². The van der Waals surface area contributed by atoms with Gasteiger partial charge in [-0.25, -0.2) is 8.78 Å². The maximum Gasteiger partial charge on any atom is 0.275 e. The van der Waals surface area contributed by atoms with E-state index in [-0.39, 0.29) is 29.2 Å². The Kier molecular flexibility index (Phi) is 10.7. The summed E-state index contributed by atoms with van der Waals surface area (Å²) in [6, 6.07) is 25.6. The third-order valence-corrected chi connectivity index (χ3v) is 9.81. The fourth-order valence-electron chi connectivity index (χ4n) is 6.92. The lowest BCUT2D eigenvalue weighted by atomic mass is 9.96. The van der Waals surface area contributed by atoms with E-state index < -0.39 is 24.2 Å². The first-order valence-electron chi connectivity index (χ1n) is 17.2. The topological polar surface area (TPSA) is 91.4 Å². The zero-order chi connectivity index (χ0) is 37.0. The molecule has 0 aromatic heterocycles. The van der Waals surface area contributed by atoms with Crippen molar-refractivity contribution >= 4 is 34.7 Å². The zero-order valence-corrected chi connectivity index (χ0v) is 29.7. The number of carbonyl (C=O) groups excluding carboxylic acids is 3. The predicted octanol–water partition coefficient (Wildman–Crippen LogP) is 7.24. The summed E-state index contributed by atoms with van der Waals surface area (Å²) < 4.78 is 42.8. The Morgan fingerprint density at radius 2 is 1.42 bits per heavy atom. The van der Waals surface area contributed by atoms with Gasteiger partial charge in [0.15, 0.2) is 0 Å². The molecule has 0 spiro atoms. The molecule has 1 saturated heterocycles. The lowest BCUT2D eigenvalue weighted by Gasteiger charge is -2.35. The van der Waals surface area contributed by atoms with E-state index in [1.54, 1.807) is 91.9 Å². The second-order valence-electron chi connectivity index (χ2n) is 13.1. The average molecular weight is 709 g/mol. The predicted molar refractivity (Wildman–Crippen MR) is 198 cm³/mol. The van der Waals surface area contributed by atoms with Crippen LogP contribution in [-0.2, 0) is 4.79 Å². The lowest BCUT2D eigenvalue weighted by molar-refractivity contribution is -0.127. The van der Waals surface area contributed by atoms with Crippen molar-refractivity contribution in [2.75, 3.05) is 58.2 Å². The number of nitrogens with one attached hydrogen (secondary N) is 1. The van der Waals surface area contributed by atoms with Gasteiger partial charge in [0.2, 0.25) is 5.91 Å². The summed E-state index contributed by atoms with van der Waals surface area (Å²) in [5, 5.41) is 2.89. The van der Waals surface area contributed by atoms with Crippen LogP contribution in [0.4, 0.5) is 20.2 Å². The van der Waals surface area contributed by atoms with E-state index in [4.69, 9.17) is 9.47 Å². The Balaban J connectivity index is 1.22. The first-order valence-corrected chi connectivity index (χ1v) is 17.2. The molecule has 9 nitrogen and oxygen atoms in total. The number of rotatable bonds is 8. The van der Waals surface area contributed by atoms with Crippen LogP contribution < -0.4 is 19.7 Å². The van der Waals surface area contributed by atoms with Crippen molar-refractivity contribution in [3.05, 3.63) is 114 Å². The summed E-state index contributed by atoms with van der Waals surface area (Å²) in [7, 11) is 7.09. The minimum Gasteiger partial charge on any atom is -0.496 e. The number of piperidine rings is 1. The van der Waals surface area contributed by atoms with E-state index >= 15 is 8.78 Å². The molecule has 11 heteroatoms. The van der Waals surface area contributed by atoms with Gasteiger partial charge in [0.05, 0.1) is 25.5 Å². The lowest BCUT2D eigenvalue weighted by Crippen LogP contribution is -2.44. The van der Waals surface area contributed by atoms with Gasteiger partial charge in [-0.15, -0.1) is 0 Å². The van der Waals surface area contributed by atoms with Gasteiger partial charge in [-0.1, -0.05) is 42.5 Å². The van der Waals surface area contributed by atoms with Crippen LogP contribution in [-0.4, -0.2) is 87.4 Å². The number of alkyl halides is 2. The fraction of sp³-hybridized carbons (Fsp3) is 0.293. The summed E-state index contributed by atoms with van der Waals surface area (Å²) in [4.78, 5) is 45.9. The van der Waals surface area contributed by atoms with Crippen LogP contribution in [0.25, 0.3) is 16.7 Å². The quantitative estimate of drug-likeness (QED) is 0.194. The number of ether oxygens (including phenoxy) is 2. The Morgan fingerprint density at radius 1 is 0.808 bits per heavy atom. The molecule has 0 radical (unpaired) electrons. The van der Waals surface area contributed by atoms with Crippen molar-refractivity contribution in [3.63, 3.8) is 0 Å². The van der Waals surface area contributed by atoms with E-state index in [2.05, 4.69) is 10.2 Å². The monoisotopic (exact) mass is 708 g/mol. The van der Waals surface area contributed by atoms with Crippen molar-refractivity contribution < 1.29 is 32.6 Å². The molecule has 2 heterocycles. The minimum atomic E-state index is -3.35. The van der Waals surface area contributed by atoms with E-state index in [9.17, 15) is 14.4 Å². The third-order valence-electron chi connectivity index (χ3n) is 9.81. The number of para-hydroxylation sites is 1. The van der Waals surface area contributed by atoms with Gasteiger partial charge < -0.3 is 29.5 Å². The summed E-state index contributed by atoms with van der Waals surface area (Å²) in [6.07, 6.45) is 1.94. The van der Waals surface area contributed by atoms with Crippen molar-refractivity contribution in [1.82, 2.24) is 9.80 Å². The highest BCUT2D eigenvalue weighted by atomic mass is 19.3. The first kappa shape index (κ1) is 36.2. The summed E-state index contributed by atoms with van der Waals surface area (Å²) in [5.74, 6) is -3.57. The molecule has 52 heavy (non-hydrogen) atoms. The highest BCUT2D eigenvalue weighted by Gasteiger charge is 2.42. The number of hydrogen-bond donors (Lipinski definition) is 1. The van der Waals surface area contributed by atoms with Gasteiger partial charge in [0, 0.05) is 71.7 Å². The average Bonchev–Trinajstić information content (AvgIpc) is 3.27. The van der Waals surface area contributed by atoms with Gasteiger partial charge in [0.25, 0.3) is 17.7 Å². The molecule has 1 N–H and O–H groups in total. The molecule has 0 aliphatic carbocycles. The molecule has 4 aromatic rings.